The Morgan fingerprint density at radius 3 is 1.94 bits per heavy atom. The molecule has 0 aromatic heterocycles. The highest BCUT2D eigenvalue weighted by Gasteiger charge is 2.01. The predicted molar refractivity (Wildman–Crippen MR) is 59.6 cm³/mol. The minimum Gasteiger partial charge on any atom is -0.356 e. The third kappa shape index (κ3) is 8.98. The van der Waals surface area contributed by atoms with Crippen molar-refractivity contribution in [3.63, 3.8) is 0 Å². The summed E-state index contributed by atoms with van der Waals surface area (Å²) in [6.07, 6.45) is 0.692. The molecule has 0 aromatic rings. The topological polar surface area (TPSA) is 87.3 Å². The summed E-state index contributed by atoms with van der Waals surface area (Å²) < 4.78 is 0. The van der Waals surface area contributed by atoms with Crippen molar-refractivity contribution in [2.24, 2.45) is 0 Å². The highest BCUT2D eigenvalue weighted by Crippen LogP contribution is 1.77. The molecule has 0 aliphatic heterocycles. The quantitative estimate of drug-likeness (QED) is 0.497. The molecule has 6 heteroatoms. The van der Waals surface area contributed by atoms with Crippen LogP contribution in [0.25, 0.3) is 0 Å². The van der Waals surface area contributed by atoms with Crippen LogP contribution in [0.1, 0.15) is 26.7 Å². The van der Waals surface area contributed by atoms with Crippen LogP contribution in [0.2, 0.25) is 0 Å². The summed E-state index contributed by atoms with van der Waals surface area (Å²) in [5, 5.41) is 7.79. The summed E-state index contributed by atoms with van der Waals surface area (Å²) in [4.78, 5) is 32.5. The first kappa shape index (κ1) is 14.4. The number of hydrogen-bond acceptors (Lipinski definition) is 3. The number of carbonyl (C=O) groups is 3. The highest BCUT2D eigenvalue weighted by molar-refractivity contribution is 5.78. The van der Waals surface area contributed by atoms with Gasteiger partial charge in [0.2, 0.25) is 17.7 Å². The molecule has 0 aliphatic rings. The predicted octanol–water partition coefficient (Wildman–Crippen LogP) is -0.845. The van der Waals surface area contributed by atoms with Crippen LogP contribution in [-0.4, -0.2) is 37.4 Å². The van der Waals surface area contributed by atoms with Crippen molar-refractivity contribution in [3.05, 3.63) is 0 Å². The van der Waals surface area contributed by atoms with E-state index in [0.717, 1.165) is 0 Å². The van der Waals surface area contributed by atoms with Gasteiger partial charge < -0.3 is 16.0 Å². The molecule has 0 aromatic carbocycles. The molecular formula is C10H19N3O3. The van der Waals surface area contributed by atoms with E-state index in [2.05, 4.69) is 16.0 Å². The van der Waals surface area contributed by atoms with E-state index in [1.54, 1.807) is 6.92 Å². The Morgan fingerprint density at radius 2 is 1.44 bits per heavy atom. The van der Waals surface area contributed by atoms with Gasteiger partial charge in [-0.15, -0.1) is 0 Å². The lowest BCUT2D eigenvalue weighted by Gasteiger charge is -2.06. The first-order valence-electron chi connectivity index (χ1n) is 5.34. The largest absolute Gasteiger partial charge is 0.356 e. The van der Waals surface area contributed by atoms with Gasteiger partial charge in [0.25, 0.3) is 0 Å². The second-order valence-corrected chi connectivity index (χ2v) is 3.29. The van der Waals surface area contributed by atoms with Gasteiger partial charge in [-0.1, -0.05) is 6.92 Å². The van der Waals surface area contributed by atoms with Crippen LogP contribution in [-0.2, 0) is 14.4 Å². The lowest BCUT2D eigenvalue weighted by molar-refractivity contribution is -0.123. The molecule has 3 N–H and O–H groups in total. The third-order valence-electron chi connectivity index (χ3n) is 1.82. The molecule has 3 amide bonds. The number of rotatable bonds is 7. The van der Waals surface area contributed by atoms with Gasteiger partial charge in [-0.2, -0.15) is 0 Å². The van der Waals surface area contributed by atoms with E-state index in [0.29, 0.717) is 26.1 Å². The van der Waals surface area contributed by atoms with E-state index in [4.69, 9.17) is 0 Å². The molecule has 0 saturated heterocycles. The van der Waals surface area contributed by atoms with Gasteiger partial charge >= 0.3 is 0 Å². The molecule has 0 unspecified atom stereocenters. The molecule has 0 heterocycles. The van der Waals surface area contributed by atoms with E-state index in [1.165, 1.54) is 6.92 Å². The van der Waals surface area contributed by atoms with Crippen LogP contribution >= 0.6 is 0 Å². The van der Waals surface area contributed by atoms with Gasteiger partial charge in [-0.25, -0.2) is 0 Å². The second-order valence-electron chi connectivity index (χ2n) is 3.29. The maximum absolute atomic E-state index is 11.2. The molecule has 0 radical (unpaired) electrons. The Bertz CT molecular complexity index is 254. The van der Waals surface area contributed by atoms with Gasteiger partial charge in [0.1, 0.15) is 0 Å². The van der Waals surface area contributed by atoms with Crippen molar-refractivity contribution in [3.8, 4) is 0 Å². The number of amides is 3. The van der Waals surface area contributed by atoms with E-state index in [1.807, 2.05) is 0 Å². The molecule has 0 bridgehead atoms. The second kappa shape index (κ2) is 8.70. The summed E-state index contributed by atoms with van der Waals surface area (Å²) in [6.45, 7) is 4.34. The Morgan fingerprint density at radius 1 is 0.875 bits per heavy atom. The summed E-state index contributed by atoms with van der Waals surface area (Å²) in [6, 6.07) is 0. The first-order valence-corrected chi connectivity index (χ1v) is 5.34. The van der Waals surface area contributed by atoms with Crippen molar-refractivity contribution >= 4 is 17.7 Å². The highest BCUT2D eigenvalue weighted by atomic mass is 16.2. The number of hydrogen-bond donors (Lipinski definition) is 3. The van der Waals surface area contributed by atoms with Gasteiger partial charge in [0.15, 0.2) is 0 Å². The molecular weight excluding hydrogens is 210 g/mol. The first-order chi connectivity index (χ1) is 7.56. The van der Waals surface area contributed by atoms with Gasteiger partial charge in [0, 0.05) is 39.4 Å². The summed E-state index contributed by atoms with van der Waals surface area (Å²) in [5.74, 6) is -0.324. The average molecular weight is 229 g/mol. The van der Waals surface area contributed by atoms with E-state index in [9.17, 15) is 14.4 Å². The smallest absolute Gasteiger partial charge is 0.221 e. The minimum atomic E-state index is -0.150. The van der Waals surface area contributed by atoms with Crippen molar-refractivity contribution in [2.45, 2.75) is 26.7 Å². The molecule has 16 heavy (non-hydrogen) atoms. The molecule has 92 valence electrons. The fraction of sp³-hybridized carbons (Fsp3) is 0.700. The molecule has 0 spiro atoms. The number of nitrogens with one attached hydrogen (secondary N) is 3. The van der Waals surface area contributed by atoms with Crippen molar-refractivity contribution < 1.29 is 14.4 Å². The van der Waals surface area contributed by atoms with Gasteiger partial charge in [-0.05, 0) is 0 Å². The summed E-state index contributed by atoms with van der Waals surface area (Å²) in [7, 11) is 0. The lowest BCUT2D eigenvalue weighted by atomic mass is 10.4. The number of carbonyl (C=O) groups excluding carboxylic acids is 3. The van der Waals surface area contributed by atoms with Crippen LogP contribution in [0.4, 0.5) is 0 Å². The molecule has 0 rings (SSSR count). The molecule has 0 aliphatic carbocycles. The molecule has 0 saturated carbocycles. The van der Waals surface area contributed by atoms with Crippen LogP contribution in [0.3, 0.4) is 0 Å². The van der Waals surface area contributed by atoms with Crippen molar-refractivity contribution in [1.82, 2.24) is 16.0 Å². The zero-order valence-electron chi connectivity index (χ0n) is 9.76. The van der Waals surface area contributed by atoms with Crippen LogP contribution in [0, 0.1) is 0 Å². The lowest BCUT2D eigenvalue weighted by Crippen LogP contribution is -2.35. The van der Waals surface area contributed by atoms with Crippen LogP contribution in [0.5, 0.6) is 0 Å². The Labute approximate surface area is 95.2 Å². The Balaban J connectivity index is 3.37. The Kier molecular flexibility index (Phi) is 7.83. The van der Waals surface area contributed by atoms with E-state index < -0.39 is 0 Å². The normalized spacial score (nSPS) is 9.38. The molecule has 0 fully saturated rings. The zero-order valence-corrected chi connectivity index (χ0v) is 9.76. The SMILES string of the molecule is CCC(=O)NCCNC(=O)CCNC(C)=O. The molecule has 0 atom stereocenters. The van der Waals surface area contributed by atoms with E-state index in [-0.39, 0.29) is 24.1 Å². The standard InChI is InChI=1S/C10H19N3O3/c1-3-9(15)12-6-7-13-10(16)4-5-11-8(2)14/h3-7H2,1-2H3,(H,11,14)(H,12,15)(H,13,16). The summed E-state index contributed by atoms with van der Waals surface area (Å²) in [5.41, 5.74) is 0. The van der Waals surface area contributed by atoms with Crippen molar-refractivity contribution in [2.75, 3.05) is 19.6 Å². The summed E-state index contributed by atoms with van der Waals surface area (Å²) >= 11 is 0. The molecule has 6 nitrogen and oxygen atoms in total. The van der Waals surface area contributed by atoms with E-state index >= 15 is 0 Å². The monoisotopic (exact) mass is 229 g/mol. The van der Waals surface area contributed by atoms with Crippen LogP contribution in [0.15, 0.2) is 0 Å². The third-order valence-corrected chi connectivity index (χ3v) is 1.82. The van der Waals surface area contributed by atoms with Crippen LogP contribution < -0.4 is 16.0 Å². The fourth-order valence-electron chi connectivity index (χ4n) is 0.969. The Hall–Kier alpha value is -1.59. The minimum absolute atomic E-state index is 0.0347. The van der Waals surface area contributed by atoms with Gasteiger partial charge in [0.05, 0.1) is 0 Å². The average Bonchev–Trinajstić information content (AvgIpc) is 2.23. The van der Waals surface area contributed by atoms with Crippen molar-refractivity contribution in [1.29, 1.82) is 0 Å². The fourth-order valence-corrected chi connectivity index (χ4v) is 0.969. The zero-order chi connectivity index (χ0) is 12.4. The maximum atomic E-state index is 11.2. The van der Waals surface area contributed by atoms with Gasteiger partial charge in [-0.3, -0.25) is 14.4 Å². The maximum Gasteiger partial charge on any atom is 0.221 e.